The SMILES string of the molecule is CC(C)(C)[NH][Zr]([NH]C(C)(C)C)([NH]C(C)(C)C)[C]1=C([Si](F)(F)F)C=CC1. The number of halogens is 3. The Kier molecular flexibility index (Phi) is 6.84. The van der Waals surface area contributed by atoms with Crippen LogP contribution in [0.2, 0.25) is 0 Å². The van der Waals surface area contributed by atoms with Gasteiger partial charge >= 0.3 is 158 Å². The van der Waals surface area contributed by atoms with Crippen molar-refractivity contribution in [1.82, 2.24) is 9.78 Å². The van der Waals surface area contributed by atoms with Crippen molar-refractivity contribution in [1.29, 1.82) is 0 Å². The first-order valence-electron chi connectivity index (χ1n) is 8.70. The third-order valence-electron chi connectivity index (χ3n) is 3.38. The van der Waals surface area contributed by atoms with E-state index in [1.165, 1.54) is 6.08 Å². The Morgan fingerprint density at radius 3 is 1.44 bits per heavy atom. The van der Waals surface area contributed by atoms with E-state index in [1.54, 1.807) is 6.08 Å². The minimum atomic E-state index is -5.90. The molecule has 0 radical (unpaired) electrons. The standard InChI is InChI=1S/C5H4F3Si.3C4H10N.Zr/c6-9(7,8)5-3-1-2-4-5;3*1-4(2,3)5;/h1,3H,2H2;3*5H,1-3H3;/q;3*-1;+3. The molecule has 8 heteroatoms. The number of hydrogen-bond donors (Lipinski definition) is 3. The van der Waals surface area contributed by atoms with Gasteiger partial charge in [0.1, 0.15) is 0 Å². The van der Waals surface area contributed by atoms with Crippen LogP contribution in [-0.4, -0.2) is 25.7 Å². The maximum atomic E-state index is 13.8. The predicted octanol–water partition coefficient (Wildman–Crippen LogP) is 4.65. The molecule has 0 bridgehead atoms. The molecule has 1 rings (SSSR count). The third-order valence-corrected chi connectivity index (χ3v) is 16.8. The van der Waals surface area contributed by atoms with Crippen molar-refractivity contribution in [2.45, 2.75) is 85.4 Å². The molecule has 0 saturated heterocycles. The van der Waals surface area contributed by atoms with Gasteiger partial charge in [0.25, 0.3) is 0 Å². The van der Waals surface area contributed by atoms with Gasteiger partial charge in [-0.15, -0.1) is 0 Å². The van der Waals surface area contributed by atoms with E-state index in [4.69, 9.17) is 0 Å². The Morgan fingerprint density at radius 1 is 0.800 bits per heavy atom. The molecule has 0 aromatic heterocycles. The zero-order valence-electron chi connectivity index (χ0n) is 17.0. The fourth-order valence-electron chi connectivity index (χ4n) is 3.13. The van der Waals surface area contributed by atoms with Gasteiger partial charge in [0.2, 0.25) is 0 Å². The van der Waals surface area contributed by atoms with Crippen molar-refractivity contribution in [3.63, 3.8) is 0 Å². The normalized spacial score (nSPS) is 17.6. The maximum absolute atomic E-state index is 13.8. The van der Waals surface area contributed by atoms with Crippen LogP contribution in [0.1, 0.15) is 68.7 Å². The van der Waals surface area contributed by atoms with Crippen molar-refractivity contribution < 1.29 is 33.5 Å². The second kappa shape index (κ2) is 7.34. The summed E-state index contributed by atoms with van der Waals surface area (Å²) < 4.78 is 52.9. The topological polar surface area (TPSA) is 36.1 Å². The molecule has 0 heterocycles. The molecule has 0 aliphatic heterocycles. The fourth-order valence-corrected chi connectivity index (χ4v) is 18.1. The molecular weight excluding hydrogens is 423 g/mol. The summed E-state index contributed by atoms with van der Waals surface area (Å²) in [5.74, 6) is 0. The summed E-state index contributed by atoms with van der Waals surface area (Å²) in [6.45, 7) is 18.1. The molecule has 0 fully saturated rings. The Morgan fingerprint density at radius 2 is 1.16 bits per heavy atom. The minimum absolute atomic E-state index is 0.305. The molecule has 1 aliphatic carbocycles. The van der Waals surface area contributed by atoms with E-state index in [0.29, 0.717) is 9.70 Å². The van der Waals surface area contributed by atoms with Gasteiger partial charge in [-0.3, -0.25) is 0 Å². The van der Waals surface area contributed by atoms with Gasteiger partial charge in [0, 0.05) is 0 Å². The van der Waals surface area contributed by atoms with E-state index in [1.807, 2.05) is 62.3 Å². The van der Waals surface area contributed by atoms with Crippen LogP contribution >= 0.6 is 0 Å². The third kappa shape index (κ3) is 7.41. The molecule has 0 atom stereocenters. The molecule has 1 aliphatic rings. The Balaban J connectivity index is 3.63. The second-order valence-corrected chi connectivity index (χ2v) is 18.4. The van der Waals surface area contributed by atoms with Crippen LogP contribution in [0.4, 0.5) is 12.3 Å². The Labute approximate surface area is 158 Å². The summed E-state index contributed by atoms with van der Waals surface area (Å²) in [7, 11) is -5.90. The Bertz CT molecular complexity index is 509. The molecule has 25 heavy (non-hydrogen) atoms. The van der Waals surface area contributed by atoms with Crippen LogP contribution < -0.4 is 9.78 Å². The monoisotopic (exact) mass is 455 g/mol. The molecule has 0 aromatic carbocycles. The van der Waals surface area contributed by atoms with Crippen molar-refractivity contribution >= 4 is 9.08 Å². The quantitative estimate of drug-likeness (QED) is 0.416. The average molecular weight is 457 g/mol. The number of nitrogens with one attached hydrogen (secondary N) is 3. The molecule has 146 valence electrons. The zero-order chi connectivity index (χ0) is 19.9. The van der Waals surface area contributed by atoms with Gasteiger partial charge in [-0.25, -0.2) is 0 Å². The molecule has 0 saturated carbocycles. The first kappa shape index (κ1) is 23.3. The van der Waals surface area contributed by atoms with Crippen LogP contribution in [0, 0.1) is 0 Å². The first-order chi connectivity index (χ1) is 10.8. The van der Waals surface area contributed by atoms with E-state index in [9.17, 15) is 12.3 Å². The van der Waals surface area contributed by atoms with Crippen LogP contribution in [-0.2, 0) is 21.1 Å². The average Bonchev–Trinajstić information content (AvgIpc) is 2.68. The van der Waals surface area contributed by atoms with Crippen molar-refractivity contribution in [3.8, 4) is 0 Å². The molecule has 0 spiro atoms. The molecule has 3 N–H and O–H groups in total. The van der Waals surface area contributed by atoms with Gasteiger partial charge in [-0.2, -0.15) is 0 Å². The fraction of sp³-hybridized carbons (Fsp3) is 0.765. The molecule has 3 nitrogen and oxygen atoms in total. The summed E-state index contributed by atoms with van der Waals surface area (Å²) in [5.41, 5.74) is -0.915. The zero-order valence-corrected chi connectivity index (χ0v) is 20.5. The van der Waals surface area contributed by atoms with Crippen molar-refractivity contribution in [2.24, 2.45) is 0 Å². The second-order valence-electron chi connectivity index (χ2n) is 9.87. The summed E-state index contributed by atoms with van der Waals surface area (Å²) in [6.07, 6.45) is 3.33. The molecule has 0 aromatic rings. The van der Waals surface area contributed by atoms with Crippen molar-refractivity contribution in [3.05, 3.63) is 20.6 Å². The van der Waals surface area contributed by atoms with Gasteiger partial charge < -0.3 is 0 Å². The summed E-state index contributed by atoms with van der Waals surface area (Å²) in [6, 6.07) is 0. The number of allylic oxidation sites excluding steroid dienone is 4. The summed E-state index contributed by atoms with van der Waals surface area (Å²) in [5, 5.41) is -0.353. The van der Waals surface area contributed by atoms with Crippen LogP contribution in [0.25, 0.3) is 0 Å². The number of rotatable bonds is 5. The van der Waals surface area contributed by atoms with Gasteiger partial charge in [-0.05, 0) is 0 Å². The Hall–Kier alpha value is 0.250. The van der Waals surface area contributed by atoms with Gasteiger partial charge in [-0.1, -0.05) is 0 Å². The van der Waals surface area contributed by atoms with Crippen LogP contribution in [0.5, 0.6) is 0 Å². The molecule has 0 amide bonds. The summed E-state index contributed by atoms with van der Waals surface area (Å²) in [4.78, 5) is 0. The molecular formula is C17H34F3N3SiZr. The molecule has 0 unspecified atom stereocenters. The van der Waals surface area contributed by atoms with Gasteiger partial charge in [0.05, 0.1) is 0 Å². The number of hydrogen-bond acceptors (Lipinski definition) is 3. The predicted molar refractivity (Wildman–Crippen MR) is 98.5 cm³/mol. The van der Waals surface area contributed by atoms with Crippen molar-refractivity contribution in [2.75, 3.05) is 0 Å². The summed E-state index contributed by atoms with van der Waals surface area (Å²) >= 11 is -4.03. The first-order valence-corrected chi connectivity index (χ1v) is 15.3. The van der Waals surface area contributed by atoms with E-state index < -0.39 is 30.2 Å². The van der Waals surface area contributed by atoms with E-state index >= 15 is 0 Å². The van der Waals surface area contributed by atoms with Crippen LogP contribution in [0.3, 0.4) is 0 Å². The van der Waals surface area contributed by atoms with E-state index in [2.05, 4.69) is 9.78 Å². The van der Waals surface area contributed by atoms with Gasteiger partial charge in [0.15, 0.2) is 0 Å². The van der Waals surface area contributed by atoms with Crippen LogP contribution in [0.15, 0.2) is 20.6 Å². The van der Waals surface area contributed by atoms with E-state index in [0.717, 1.165) is 0 Å². The van der Waals surface area contributed by atoms with E-state index in [-0.39, 0.29) is 21.8 Å².